The van der Waals surface area contributed by atoms with Crippen LogP contribution in [0.2, 0.25) is 0 Å². The number of carbonyl (C=O) groups is 2. The van der Waals surface area contributed by atoms with Crippen LogP contribution in [-0.2, 0) is 22.4 Å². The fourth-order valence-electron chi connectivity index (χ4n) is 3.69. The van der Waals surface area contributed by atoms with Gasteiger partial charge < -0.3 is 19.7 Å². The molecule has 2 aliphatic rings. The summed E-state index contributed by atoms with van der Waals surface area (Å²) in [5.74, 6) is 0.668. The maximum atomic E-state index is 12.2. The molecule has 2 aliphatic carbocycles. The van der Waals surface area contributed by atoms with Gasteiger partial charge in [-0.15, -0.1) is 0 Å². The second-order valence-corrected chi connectivity index (χ2v) is 7.71. The van der Waals surface area contributed by atoms with Crippen molar-refractivity contribution in [3.63, 3.8) is 0 Å². The molecule has 2 N–H and O–H groups in total. The molecule has 27 heavy (non-hydrogen) atoms. The Hall–Kier alpha value is -2.34. The highest BCUT2D eigenvalue weighted by atomic mass is 16.4. The molecule has 1 unspecified atom stereocenters. The van der Waals surface area contributed by atoms with Crippen LogP contribution in [0.1, 0.15) is 43.9 Å². The number of aliphatic carboxylic acids is 1. The predicted octanol–water partition coefficient (Wildman–Crippen LogP) is 3.68. The summed E-state index contributed by atoms with van der Waals surface area (Å²) < 4.78 is 6.03. The number of benzene rings is 1. The number of carbonyl (C=O) groups excluding carboxylic acids is 1. The minimum atomic E-state index is -0.833. The van der Waals surface area contributed by atoms with Crippen molar-refractivity contribution in [2.45, 2.75) is 51.5 Å². The molecule has 146 valence electrons. The molecule has 1 saturated carbocycles. The molecular weight excluding hydrogens is 344 g/mol. The van der Waals surface area contributed by atoms with E-state index in [1.165, 1.54) is 12.0 Å². The zero-order chi connectivity index (χ0) is 19.6. The summed E-state index contributed by atoms with van der Waals surface area (Å²) >= 11 is 0. The summed E-state index contributed by atoms with van der Waals surface area (Å²) in [6.45, 7) is 1.08. The van der Waals surface area contributed by atoms with E-state index in [2.05, 4.69) is 30.4 Å². The number of furan rings is 1. The van der Waals surface area contributed by atoms with Gasteiger partial charge in [0.25, 0.3) is 5.97 Å². The maximum absolute atomic E-state index is 12.2. The van der Waals surface area contributed by atoms with Gasteiger partial charge in [0.05, 0.1) is 0 Å². The SMILES string of the molecule is CC(=O)O.CN(C)C1CCc2oc3ccc(NC(=O)C4CCC4)cc3c2C1. The average molecular weight is 372 g/mol. The van der Waals surface area contributed by atoms with E-state index in [0.29, 0.717) is 6.04 Å². The molecule has 4 rings (SSSR count). The Kier molecular flexibility index (Phi) is 5.85. The van der Waals surface area contributed by atoms with Crippen LogP contribution in [0.3, 0.4) is 0 Å². The number of nitrogens with one attached hydrogen (secondary N) is 1. The van der Waals surface area contributed by atoms with Crippen molar-refractivity contribution in [2.24, 2.45) is 5.92 Å². The number of aryl methyl sites for hydroxylation is 1. The van der Waals surface area contributed by atoms with Crippen molar-refractivity contribution in [3.05, 3.63) is 29.5 Å². The molecule has 6 heteroatoms. The van der Waals surface area contributed by atoms with Crippen LogP contribution in [0.15, 0.2) is 22.6 Å². The average Bonchev–Trinajstić information content (AvgIpc) is 2.89. The topological polar surface area (TPSA) is 82.8 Å². The fourth-order valence-corrected chi connectivity index (χ4v) is 3.69. The highest BCUT2D eigenvalue weighted by Gasteiger charge is 2.27. The van der Waals surface area contributed by atoms with Crippen molar-refractivity contribution in [1.82, 2.24) is 4.90 Å². The lowest BCUT2D eigenvalue weighted by molar-refractivity contribution is -0.134. The Morgan fingerprint density at radius 2 is 1.93 bits per heavy atom. The molecule has 2 aromatic rings. The molecule has 0 spiro atoms. The summed E-state index contributed by atoms with van der Waals surface area (Å²) in [4.78, 5) is 23.5. The number of nitrogens with zero attached hydrogens (tertiary/aromatic N) is 1. The van der Waals surface area contributed by atoms with Gasteiger partial charge in [0.15, 0.2) is 0 Å². The minimum absolute atomic E-state index is 0.166. The number of rotatable bonds is 3. The second-order valence-electron chi connectivity index (χ2n) is 7.71. The smallest absolute Gasteiger partial charge is 0.300 e. The van der Waals surface area contributed by atoms with Gasteiger partial charge in [-0.3, -0.25) is 9.59 Å². The van der Waals surface area contributed by atoms with E-state index < -0.39 is 5.97 Å². The molecule has 1 aromatic heterocycles. The number of hydrogen-bond acceptors (Lipinski definition) is 4. The Morgan fingerprint density at radius 1 is 1.22 bits per heavy atom. The van der Waals surface area contributed by atoms with E-state index in [9.17, 15) is 4.79 Å². The van der Waals surface area contributed by atoms with Gasteiger partial charge in [0.1, 0.15) is 11.3 Å². The monoisotopic (exact) mass is 372 g/mol. The maximum Gasteiger partial charge on any atom is 0.300 e. The zero-order valence-electron chi connectivity index (χ0n) is 16.2. The first-order chi connectivity index (χ1) is 12.8. The van der Waals surface area contributed by atoms with E-state index in [4.69, 9.17) is 14.3 Å². The molecule has 0 saturated heterocycles. The third-order valence-electron chi connectivity index (χ3n) is 5.49. The van der Waals surface area contributed by atoms with Crippen molar-refractivity contribution in [3.8, 4) is 0 Å². The van der Waals surface area contributed by atoms with Gasteiger partial charge in [-0.05, 0) is 58.0 Å². The number of fused-ring (bicyclic) bond motifs is 3. The number of hydrogen-bond donors (Lipinski definition) is 2. The third kappa shape index (κ3) is 4.50. The summed E-state index contributed by atoms with van der Waals surface area (Å²) in [5.41, 5.74) is 3.16. The molecule has 0 aliphatic heterocycles. The Bertz CT molecular complexity index is 832. The zero-order valence-corrected chi connectivity index (χ0v) is 16.2. The summed E-state index contributed by atoms with van der Waals surface area (Å²) in [6.07, 6.45) is 6.40. The van der Waals surface area contributed by atoms with Crippen molar-refractivity contribution in [2.75, 3.05) is 19.4 Å². The minimum Gasteiger partial charge on any atom is -0.481 e. The van der Waals surface area contributed by atoms with E-state index in [0.717, 1.165) is 61.4 Å². The van der Waals surface area contributed by atoms with Gasteiger partial charge in [-0.25, -0.2) is 0 Å². The van der Waals surface area contributed by atoms with Crippen LogP contribution in [0, 0.1) is 5.92 Å². The normalized spacial score (nSPS) is 19.0. The third-order valence-corrected chi connectivity index (χ3v) is 5.49. The fraction of sp³-hybridized carbons (Fsp3) is 0.524. The van der Waals surface area contributed by atoms with Gasteiger partial charge in [0.2, 0.25) is 5.91 Å². The highest BCUT2D eigenvalue weighted by molar-refractivity contribution is 5.96. The van der Waals surface area contributed by atoms with Crippen LogP contribution in [0.25, 0.3) is 11.0 Å². The first-order valence-corrected chi connectivity index (χ1v) is 9.56. The van der Waals surface area contributed by atoms with E-state index in [1.807, 2.05) is 12.1 Å². The van der Waals surface area contributed by atoms with Gasteiger partial charge in [-0.1, -0.05) is 6.42 Å². The lowest BCUT2D eigenvalue weighted by Crippen LogP contribution is -2.33. The van der Waals surface area contributed by atoms with Crippen LogP contribution >= 0.6 is 0 Å². The van der Waals surface area contributed by atoms with Gasteiger partial charge in [0, 0.05) is 41.9 Å². The molecule has 1 fully saturated rings. The van der Waals surface area contributed by atoms with Crippen LogP contribution in [0.4, 0.5) is 5.69 Å². The second kappa shape index (κ2) is 8.13. The lowest BCUT2D eigenvalue weighted by atomic mass is 9.85. The molecular formula is C21H28N2O4. The molecule has 0 bridgehead atoms. The van der Waals surface area contributed by atoms with Gasteiger partial charge in [-0.2, -0.15) is 0 Å². The number of amides is 1. The first kappa shape index (κ1) is 19.4. The summed E-state index contributed by atoms with van der Waals surface area (Å²) in [5, 5.41) is 11.7. The van der Waals surface area contributed by atoms with Crippen LogP contribution in [0.5, 0.6) is 0 Å². The molecule has 1 amide bonds. The molecule has 6 nitrogen and oxygen atoms in total. The van der Waals surface area contributed by atoms with Crippen LogP contribution < -0.4 is 5.32 Å². The molecule has 1 heterocycles. The Labute approximate surface area is 159 Å². The van der Waals surface area contributed by atoms with Crippen LogP contribution in [-0.4, -0.2) is 42.0 Å². The number of carboxylic acids is 1. The van der Waals surface area contributed by atoms with Crippen molar-refractivity contribution < 1.29 is 19.1 Å². The van der Waals surface area contributed by atoms with E-state index in [-0.39, 0.29) is 11.8 Å². The van der Waals surface area contributed by atoms with Crippen molar-refractivity contribution >= 4 is 28.5 Å². The van der Waals surface area contributed by atoms with E-state index >= 15 is 0 Å². The molecule has 1 atom stereocenters. The lowest BCUT2D eigenvalue weighted by Gasteiger charge is -2.27. The first-order valence-electron chi connectivity index (χ1n) is 9.56. The van der Waals surface area contributed by atoms with E-state index in [1.54, 1.807) is 0 Å². The predicted molar refractivity (Wildman–Crippen MR) is 105 cm³/mol. The Balaban J connectivity index is 0.000000481. The Morgan fingerprint density at radius 3 is 2.52 bits per heavy atom. The summed E-state index contributed by atoms with van der Waals surface area (Å²) in [6, 6.07) is 6.61. The van der Waals surface area contributed by atoms with Crippen molar-refractivity contribution in [1.29, 1.82) is 0 Å². The number of anilines is 1. The molecule has 0 radical (unpaired) electrons. The van der Waals surface area contributed by atoms with Gasteiger partial charge >= 0.3 is 0 Å². The number of carboxylic acid groups (broad SMARTS) is 1. The summed E-state index contributed by atoms with van der Waals surface area (Å²) in [7, 11) is 4.28. The number of likely N-dealkylation sites (N-methyl/N-ethyl adjacent to an activating group) is 1. The largest absolute Gasteiger partial charge is 0.481 e. The standard InChI is InChI=1S/C19H24N2O2.C2H4O2/c1-21(2)14-7-9-18-16(11-14)15-10-13(6-8-17(15)23-18)20-19(22)12-4-3-5-12;1-2(3)4/h6,8,10,12,14H,3-5,7,9,11H2,1-2H3,(H,20,22);1H3,(H,3,4). The molecule has 1 aromatic carbocycles. The quantitative estimate of drug-likeness (QED) is 0.859. The highest BCUT2D eigenvalue weighted by Crippen LogP contribution is 2.35.